The smallest absolute Gasteiger partial charge is 0.272 e. The Hall–Kier alpha value is -3.72. The minimum absolute atomic E-state index is 0.0578. The van der Waals surface area contributed by atoms with E-state index >= 15 is 0 Å². The molecule has 1 aliphatic rings. The quantitative estimate of drug-likeness (QED) is 0.564. The van der Waals surface area contributed by atoms with Crippen molar-refractivity contribution in [2.75, 3.05) is 20.3 Å². The van der Waals surface area contributed by atoms with Crippen LogP contribution in [0.15, 0.2) is 59.4 Å². The summed E-state index contributed by atoms with van der Waals surface area (Å²) in [6.45, 7) is 1.44. The van der Waals surface area contributed by atoms with Crippen LogP contribution < -0.4 is 20.3 Å². The van der Waals surface area contributed by atoms with Gasteiger partial charge in [-0.3, -0.25) is 9.59 Å². The van der Waals surface area contributed by atoms with Crippen LogP contribution in [0.2, 0.25) is 0 Å². The van der Waals surface area contributed by atoms with Crippen LogP contribution in [0.25, 0.3) is 5.69 Å². The van der Waals surface area contributed by atoms with Crippen molar-refractivity contribution in [2.24, 2.45) is 0 Å². The molecular formula is C24H24FN3O5. The molecule has 1 atom stereocenters. The number of hydrogen-bond donors (Lipinski definition) is 1. The molecule has 33 heavy (non-hydrogen) atoms. The molecule has 1 fully saturated rings. The Balaban J connectivity index is 1.41. The van der Waals surface area contributed by atoms with E-state index in [4.69, 9.17) is 14.2 Å². The third-order valence-corrected chi connectivity index (χ3v) is 5.23. The number of nitrogens with one attached hydrogen (secondary N) is 1. The van der Waals surface area contributed by atoms with E-state index in [1.54, 1.807) is 19.2 Å². The molecule has 172 valence electrons. The van der Waals surface area contributed by atoms with Gasteiger partial charge < -0.3 is 19.5 Å². The number of amides is 1. The molecule has 0 bridgehead atoms. The van der Waals surface area contributed by atoms with Crippen LogP contribution in [0.4, 0.5) is 4.39 Å². The highest BCUT2D eigenvalue weighted by molar-refractivity contribution is 5.92. The third kappa shape index (κ3) is 5.56. The molecule has 3 aromatic rings. The van der Waals surface area contributed by atoms with Crippen LogP contribution in [0.5, 0.6) is 11.5 Å². The molecule has 1 amide bonds. The summed E-state index contributed by atoms with van der Waals surface area (Å²) in [5.74, 6) is 0.279. The lowest BCUT2D eigenvalue weighted by atomic mass is 10.2. The van der Waals surface area contributed by atoms with Crippen LogP contribution in [0, 0.1) is 5.82 Å². The van der Waals surface area contributed by atoms with Crippen molar-refractivity contribution in [1.82, 2.24) is 15.1 Å². The number of benzene rings is 2. The molecule has 0 saturated carbocycles. The summed E-state index contributed by atoms with van der Waals surface area (Å²) in [7, 11) is 1.55. The number of carbonyl (C=O) groups excluding carboxylic acids is 1. The van der Waals surface area contributed by atoms with Crippen LogP contribution >= 0.6 is 0 Å². The second-order valence-electron chi connectivity index (χ2n) is 7.56. The predicted octanol–water partition coefficient (Wildman–Crippen LogP) is 2.87. The van der Waals surface area contributed by atoms with E-state index in [9.17, 15) is 14.0 Å². The summed E-state index contributed by atoms with van der Waals surface area (Å²) in [6, 6.07) is 13.3. The predicted molar refractivity (Wildman–Crippen MR) is 118 cm³/mol. The van der Waals surface area contributed by atoms with E-state index in [1.807, 2.05) is 6.07 Å². The number of methoxy groups -OCH3 is 1. The maximum absolute atomic E-state index is 13.2. The zero-order chi connectivity index (χ0) is 23.2. The minimum Gasteiger partial charge on any atom is -0.493 e. The van der Waals surface area contributed by atoms with Gasteiger partial charge in [0.2, 0.25) is 0 Å². The molecule has 1 aliphatic heterocycles. The molecule has 9 heteroatoms. The van der Waals surface area contributed by atoms with Gasteiger partial charge in [0.05, 0.1) is 18.9 Å². The van der Waals surface area contributed by atoms with Crippen molar-refractivity contribution in [2.45, 2.75) is 25.5 Å². The SMILES string of the molecule is COc1cc(CNC(=O)c2ccc(=O)n(-c3ccc(F)cc3)n2)ccc1OC[C@H]1CCCO1. The number of rotatable bonds is 8. The average Bonchev–Trinajstić information content (AvgIpc) is 3.36. The summed E-state index contributed by atoms with van der Waals surface area (Å²) < 4.78 is 31.1. The Bertz CT molecular complexity index is 1170. The highest BCUT2D eigenvalue weighted by Gasteiger charge is 2.17. The van der Waals surface area contributed by atoms with E-state index < -0.39 is 17.3 Å². The van der Waals surface area contributed by atoms with Crippen LogP contribution in [0.1, 0.15) is 28.9 Å². The summed E-state index contributed by atoms with van der Waals surface area (Å²) in [5.41, 5.74) is 0.791. The molecule has 2 heterocycles. The number of aromatic nitrogens is 2. The normalized spacial score (nSPS) is 15.3. The highest BCUT2D eigenvalue weighted by Crippen LogP contribution is 2.29. The van der Waals surface area contributed by atoms with E-state index in [0.29, 0.717) is 23.8 Å². The number of carbonyl (C=O) groups is 1. The van der Waals surface area contributed by atoms with Gasteiger partial charge in [-0.25, -0.2) is 4.39 Å². The van der Waals surface area contributed by atoms with Gasteiger partial charge in [0.25, 0.3) is 11.5 Å². The second-order valence-corrected chi connectivity index (χ2v) is 7.56. The van der Waals surface area contributed by atoms with E-state index in [2.05, 4.69) is 10.4 Å². The molecule has 1 saturated heterocycles. The van der Waals surface area contributed by atoms with Gasteiger partial charge in [-0.15, -0.1) is 0 Å². The van der Waals surface area contributed by atoms with Crippen molar-refractivity contribution in [3.63, 3.8) is 0 Å². The summed E-state index contributed by atoms with van der Waals surface area (Å²) >= 11 is 0. The third-order valence-electron chi connectivity index (χ3n) is 5.23. The zero-order valence-electron chi connectivity index (χ0n) is 18.1. The van der Waals surface area contributed by atoms with Crippen molar-refractivity contribution < 1.29 is 23.4 Å². The Labute approximate surface area is 189 Å². The first-order chi connectivity index (χ1) is 16.0. The lowest BCUT2D eigenvalue weighted by Crippen LogP contribution is -2.28. The Kier molecular flexibility index (Phi) is 6.99. The monoisotopic (exact) mass is 453 g/mol. The first kappa shape index (κ1) is 22.5. The molecule has 0 radical (unpaired) electrons. The number of halogens is 1. The van der Waals surface area contributed by atoms with E-state index in [1.165, 1.54) is 36.4 Å². The Morgan fingerprint density at radius 2 is 2.00 bits per heavy atom. The van der Waals surface area contributed by atoms with Crippen LogP contribution in [-0.4, -0.2) is 42.1 Å². The number of nitrogens with zero attached hydrogens (tertiary/aromatic N) is 2. The topological polar surface area (TPSA) is 91.7 Å². The van der Waals surface area contributed by atoms with E-state index in [0.717, 1.165) is 29.7 Å². The molecule has 8 nitrogen and oxygen atoms in total. The molecule has 4 rings (SSSR count). The lowest BCUT2D eigenvalue weighted by Gasteiger charge is -2.15. The van der Waals surface area contributed by atoms with Gasteiger partial charge in [0.1, 0.15) is 18.1 Å². The first-order valence-electron chi connectivity index (χ1n) is 10.6. The molecule has 2 aromatic carbocycles. The fraction of sp³-hybridized carbons (Fsp3) is 0.292. The molecule has 0 aliphatic carbocycles. The summed E-state index contributed by atoms with van der Waals surface area (Å²) in [4.78, 5) is 24.8. The zero-order valence-corrected chi connectivity index (χ0v) is 18.1. The van der Waals surface area contributed by atoms with E-state index in [-0.39, 0.29) is 18.3 Å². The van der Waals surface area contributed by atoms with Crippen LogP contribution in [0.3, 0.4) is 0 Å². The molecule has 1 N–H and O–H groups in total. The lowest BCUT2D eigenvalue weighted by molar-refractivity contribution is 0.0669. The Morgan fingerprint density at radius 3 is 2.73 bits per heavy atom. The van der Waals surface area contributed by atoms with Gasteiger partial charge in [-0.2, -0.15) is 9.78 Å². The standard InChI is InChI=1S/C24H24FN3O5/c1-31-22-13-16(4-10-21(22)33-15-19-3-2-12-32-19)14-26-24(30)20-9-11-23(29)28(27-20)18-7-5-17(25)6-8-18/h4-11,13,19H,2-3,12,14-15H2,1H3,(H,26,30)/t19-/m1/s1. The second kappa shape index (κ2) is 10.3. The van der Waals surface area contributed by atoms with Gasteiger partial charge in [-0.1, -0.05) is 6.07 Å². The fourth-order valence-electron chi connectivity index (χ4n) is 3.47. The maximum Gasteiger partial charge on any atom is 0.272 e. The summed E-state index contributed by atoms with van der Waals surface area (Å²) in [5, 5.41) is 6.88. The van der Waals surface area contributed by atoms with Gasteiger partial charge in [0, 0.05) is 19.2 Å². The van der Waals surface area contributed by atoms with Crippen molar-refractivity contribution in [3.05, 3.63) is 82.0 Å². The van der Waals surface area contributed by atoms with Crippen molar-refractivity contribution in [3.8, 4) is 17.2 Å². The Morgan fingerprint density at radius 1 is 1.18 bits per heavy atom. The highest BCUT2D eigenvalue weighted by atomic mass is 19.1. The maximum atomic E-state index is 13.2. The first-order valence-corrected chi connectivity index (χ1v) is 10.6. The number of hydrogen-bond acceptors (Lipinski definition) is 6. The van der Waals surface area contributed by atoms with Gasteiger partial charge in [0.15, 0.2) is 11.5 Å². The molecular weight excluding hydrogens is 429 g/mol. The molecule has 0 spiro atoms. The fourth-order valence-corrected chi connectivity index (χ4v) is 3.47. The molecule has 0 unspecified atom stereocenters. The number of ether oxygens (including phenoxy) is 3. The average molecular weight is 453 g/mol. The van der Waals surface area contributed by atoms with Crippen molar-refractivity contribution in [1.29, 1.82) is 0 Å². The van der Waals surface area contributed by atoms with Gasteiger partial charge >= 0.3 is 0 Å². The van der Waals surface area contributed by atoms with Crippen LogP contribution in [-0.2, 0) is 11.3 Å². The largest absolute Gasteiger partial charge is 0.493 e. The van der Waals surface area contributed by atoms with Crippen molar-refractivity contribution >= 4 is 5.91 Å². The minimum atomic E-state index is -0.455. The molecule has 1 aromatic heterocycles. The summed E-state index contributed by atoms with van der Waals surface area (Å²) in [6.07, 6.45) is 2.12. The van der Waals surface area contributed by atoms with Gasteiger partial charge in [-0.05, 0) is 60.9 Å².